The van der Waals surface area contributed by atoms with E-state index in [9.17, 15) is 4.79 Å². The molecule has 21 heavy (non-hydrogen) atoms. The highest BCUT2D eigenvalue weighted by Gasteiger charge is 2.26. The van der Waals surface area contributed by atoms with Gasteiger partial charge in [0.05, 0.1) is 0 Å². The van der Waals surface area contributed by atoms with Gasteiger partial charge in [-0.1, -0.05) is 60.7 Å². The van der Waals surface area contributed by atoms with Crippen LogP contribution in [0, 0.1) is 0 Å². The summed E-state index contributed by atoms with van der Waals surface area (Å²) in [5, 5.41) is -0.267. The van der Waals surface area contributed by atoms with Crippen LogP contribution in [0.1, 0.15) is 36.3 Å². The van der Waals surface area contributed by atoms with Crippen LogP contribution >= 0.6 is 11.6 Å². The van der Waals surface area contributed by atoms with E-state index in [4.69, 9.17) is 11.6 Å². The van der Waals surface area contributed by atoms with E-state index >= 15 is 0 Å². The molecule has 0 amide bonds. The van der Waals surface area contributed by atoms with Crippen molar-refractivity contribution in [3.05, 3.63) is 71.8 Å². The lowest BCUT2D eigenvalue weighted by molar-refractivity contribution is -0.111. The van der Waals surface area contributed by atoms with E-state index in [1.54, 1.807) is 0 Å². The van der Waals surface area contributed by atoms with Crippen molar-refractivity contribution in [1.29, 1.82) is 0 Å². The smallest absolute Gasteiger partial charge is 0.221 e. The van der Waals surface area contributed by atoms with Gasteiger partial charge < -0.3 is 0 Å². The standard InChI is InChI=1S/C19H17ClO/c20-19(21)13-3-1-2-8-14-15-9-4-6-11-17(15)18-12-7-5-10-16(14)18/h1-2,4-7,9-12,14H,3,8,13H2. The number of allylic oxidation sites excluding steroid dienone is 2. The van der Waals surface area contributed by atoms with Gasteiger partial charge in [0.1, 0.15) is 0 Å². The van der Waals surface area contributed by atoms with Crippen molar-refractivity contribution in [2.75, 3.05) is 0 Å². The van der Waals surface area contributed by atoms with Gasteiger partial charge in [-0.25, -0.2) is 0 Å². The summed E-state index contributed by atoms with van der Waals surface area (Å²) in [6, 6.07) is 17.2. The highest BCUT2D eigenvalue weighted by Crippen LogP contribution is 2.46. The van der Waals surface area contributed by atoms with E-state index in [2.05, 4.69) is 60.7 Å². The minimum absolute atomic E-state index is 0.267. The lowest BCUT2D eigenvalue weighted by Gasteiger charge is -2.10. The van der Waals surface area contributed by atoms with Crippen LogP contribution in [0.4, 0.5) is 0 Å². The zero-order valence-corrected chi connectivity index (χ0v) is 12.5. The number of halogens is 1. The summed E-state index contributed by atoms with van der Waals surface area (Å²) in [5.74, 6) is 0.417. The number of hydrogen-bond donors (Lipinski definition) is 0. The van der Waals surface area contributed by atoms with Crippen LogP contribution < -0.4 is 0 Å². The molecule has 0 heterocycles. The molecule has 0 saturated carbocycles. The molecule has 0 N–H and O–H groups in total. The minimum atomic E-state index is -0.267. The molecule has 0 atom stereocenters. The quantitative estimate of drug-likeness (QED) is 0.541. The maximum absolute atomic E-state index is 10.7. The number of carbonyl (C=O) groups is 1. The van der Waals surface area contributed by atoms with Gasteiger partial charge in [-0.3, -0.25) is 4.79 Å². The molecule has 0 radical (unpaired) electrons. The molecule has 0 unspecified atom stereocenters. The fourth-order valence-corrected chi connectivity index (χ4v) is 3.17. The van der Waals surface area contributed by atoms with Crippen molar-refractivity contribution in [3.63, 3.8) is 0 Å². The van der Waals surface area contributed by atoms with Gasteiger partial charge >= 0.3 is 0 Å². The summed E-state index contributed by atoms with van der Waals surface area (Å²) in [4.78, 5) is 10.7. The predicted molar refractivity (Wildman–Crippen MR) is 87.6 cm³/mol. The van der Waals surface area contributed by atoms with Crippen LogP contribution in [-0.2, 0) is 4.79 Å². The van der Waals surface area contributed by atoms with E-state index in [-0.39, 0.29) is 5.24 Å². The second-order valence-corrected chi connectivity index (χ2v) is 5.75. The van der Waals surface area contributed by atoms with Crippen molar-refractivity contribution in [1.82, 2.24) is 0 Å². The molecular formula is C19H17ClO. The third-order valence-electron chi connectivity index (χ3n) is 4.01. The van der Waals surface area contributed by atoms with Crippen molar-refractivity contribution >= 4 is 16.8 Å². The van der Waals surface area contributed by atoms with Crippen LogP contribution in [0.5, 0.6) is 0 Å². The molecule has 0 bridgehead atoms. The Labute approximate surface area is 130 Å². The summed E-state index contributed by atoms with van der Waals surface area (Å²) >= 11 is 5.34. The Hall–Kier alpha value is -1.86. The van der Waals surface area contributed by atoms with Gasteiger partial charge in [0.2, 0.25) is 5.24 Å². The zero-order chi connectivity index (χ0) is 14.7. The largest absolute Gasteiger partial charge is 0.281 e. The zero-order valence-electron chi connectivity index (χ0n) is 11.8. The number of carbonyl (C=O) groups excluding carboxylic acids is 1. The van der Waals surface area contributed by atoms with Gasteiger partial charge in [0.25, 0.3) is 0 Å². The van der Waals surface area contributed by atoms with Gasteiger partial charge in [0.15, 0.2) is 0 Å². The summed E-state index contributed by atoms with van der Waals surface area (Å²) in [5.41, 5.74) is 5.50. The Morgan fingerprint density at radius 1 is 0.952 bits per heavy atom. The van der Waals surface area contributed by atoms with Crippen LogP contribution in [0.25, 0.3) is 11.1 Å². The Balaban J connectivity index is 1.81. The molecule has 1 aliphatic carbocycles. The molecule has 0 saturated heterocycles. The summed E-state index contributed by atoms with van der Waals surface area (Å²) in [6.07, 6.45) is 6.33. The number of rotatable bonds is 5. The highest BCUT2D eigenvalue weighted by atomic mass is 35.5. The van der Waals surface area contributed by atoms with E-state index in [0.717, 1.165) is 12.8 Å². The fourth-order valence-electron chi connectivity index (χ4n) is 3.06. The molecule has 2 aromatic carbocycles. The van der Waals surface area contributed by atoms with Crippen LogP contribution in [0.15, 0.2) is 60.7 Å². The second-order valence-electron chi connectivity index (χ2n) is 5.33. The first-order chi connectivity index (χ1) is 10.3. The molecular weight excluding hydrogens is 280 g/mol. The third-order valence-corrected chi connectivity index (χ3v) is 4.20. The van der Waals surface area contributed by atoms with Gasteiger partial charge in [-0.05, 0) is 46.7 Å². The minimum Gasteiger partial charge on any atom is -0.281 e. The molecule has 2 heteroatoms. The van der Waals surface area contributed by atoms with Gasteiger partial charge in [-0.2, -0.15) is 0 Å². The first kappa shape index (κ1) is 14.1. The molecule has 0 fully saturated rings. The fraction of sp³-hybridized carbons (Fsp3) is 0.211. The highest BCUT2D eigenvalue weighted by molar-refractivity contribution is 6.63. The summed E-state index contributed by atoms with van der Waals surface area (Å²) in [7, 11) is 0. The molecule has 1 aliphatic rings. The van der Waals surface area contributed by atoms with E-state index in [1.807, 2.05) is 0 Å². The van der Waals surface area contributed by atoms with Crippen LogP contribution in [-0.4, -0.2) is 5.24 Å². The average molecular weight is 297 g/mol. The van der Waals surface area contributed by atoms with E-state index in [1.165, 1.54) is 22.3 Å². The topological polar surface area (TPSA) is 17.1 Å². The Morgan fingerprint density at radius 3 is 2.10 bits per heavy atom. The molecule has 106 valence electrons. The number of fused-ring (bicyclic) bond motifs is 3. The Kier molecular flexibility index (Phi) is 4.21. The van der Waals surface area contributed by atoms with Crippen LogP contribution in [0.2, 0.25) is 0 Å². The summed E-state index contributed by atoms with van der Waals surface area (Å²) in [6.45, 7) is 0. The number of benzene rings is 2. The predicted octanol–water partition coefficient (Wildman–Crippen LogP) is 5.29. The maximum atomic E-state index is 10.7. The third kappa shape index (κ3) is 2.93. The second kappa shape index (κ2) is 6.28. The van der Waals surface area contributed by atoms with Crippen molar-refractivity contribution in [2.45, 2.75) is 25.2 Å². The van der Waals surface area contributed by atoms with E-state index < -0.39 is 0 Å². The lowest BCUT2D eigenvalue weighted by atomic mass is 9.93. The SMILES string of the molecule is O=C(Cl)CCC=CCC1c2ccccc2-c2ccccc21. The van der Waals surface area contributed by atoms with Gasteiger partial charge in [-0.15, -0.1) is 0 Å². The van der Waals surface area contributed by atoms with Crippen molar-refractivity contribution in [2.24, 2.45) is 0 Å². The first-order valence-electron chi connectivity index (χ1n) is 7.29. The Morgan fingerprint density at radius 2 is 1.52 bits per heavy atom. The molecule has 0 aliphatic heterocycles. The van der Waals surface area contributed by atoms with Crippen molar-refractivity contribution in [3.8, 4) is 11.1 Å². The van der Waals surface area contributed by atoms with Gasteiger partial charge in [0, 0.05) is 12.3 Å². The lowest BCUT2D eigenvalue weighted by Crippen LogP contribution is -1.94. The molecule has 2 aromatic rings. The van der Waals surface area contributed by atoms with Crippen molar-refractivity contribution < 1.29 is 4.79 Å². The molecule has 0 aromatic heterocycles. The van der Waals surface area contributed by atoms with Crippen LogP contribution in [0.3, 0.4) is 0 Å². The maximum Gasteiger partial charge on any atom is 0.221 e. The monoisotopic (exact) mass is 296 g/mol. The summed E-state index contributed by atoms with van der Waals surface area (Å²) < 4.78 is 0. The molecule has 1 nitrogen and oxygen atoms in total. The normalized spacial score (nSPS) is 13.4. The Bertz CT molecular complexity index is 642. The number of hydrogen-bond acceptors (Lipinski definition) is 1. The first-order valence-corrected chi connectivity index (χ1v) is 7.66. The molecule has 3 rings (SSSR count). The van der Waals surface area contributed by atoms with E-state index in [0.29, 0.717) is 12.3 Å². The average Bonchev–Trinajstić information content (AvgIpc) is 2.81. The molecule has 0 spiro atoms.